The summed E-state index contributed by atoms with van der Waals surface area (Å²) in [6.45, 7) is 1.85. The van der Waals surface area contributed by atoms with E-state index in [1.807, 2.05) is 13.0 Å². The van der Waals surface area contributed by atoms with E-state index in [-0.39, 0.29) is 4.90 Å². The van der Waals surface area contributed by atoms with Crippen molar-refractivity contribution in [3.8, 4) is 6.07 Å². The molecule has 1 aliphatic carbocycles. The smallest absolute Gasteiger partial charge is 0.184 e. The third kappa shape index (κ3) is 2.42. The summed E-state index contributed by atoms with van der Waals surface area (Å²) >= 11 is 0. The van der Waals surface area contributed by atoms with Gasteiger partial charge in [0.2, 0.25) is 0 Å². The standard InChI is InChI=1S/C17H15FN2O2S/c1-11-5-7-14(8-6-11)23(21,22)16-15(17(16,20)10-19)12-3-2-4-13(18)9-12/h2-9,15-16H,20H2,1H3/t15-,16-,17-/m0/s1. The van der Waals surface area contributed by atoms with Crippen LogP contribution in [0.2, 0.25) is 0 Å². The highest BCUT2D eigenvalue weighted by Gasteiger charge is 2.70. The largest absolute Gasteiger partial charge is 0.312 e. The summed E-state index contributed by atoms with van der Waals surface area (Å²) in [5.74, 6) is -1.23. The monoisotopic (exact) mass is 330 g/mol. The first-order chi connectivity index (χ1) is 10.8. The molecule has 118 valence electrons. The van der Waals surface area contributed by atoms with Crippen molar-refractivity contribution in [2.24, 2.45) is 5.73 Å². The van der Waals surface area contributed by atoms with Crippen molar-refractivity contribution in [1.82, 2.24) is 0 Å². The second-order valence-electron chi connectivity index (χ2n) is 5.86. The van der Waals surface area contributed by atoms with Crippen molar-refractivity contribution in [3.05, 3.63) is 65.5 Å². The first-order valence-electron chi connectivity index (χ1n) is 7.07. The van der Waals surface area contributed by atoms with Crippen LogP contribution in [-0.4, -0.2) is 19.2 Å². The average Bonchev–Trinajstić information content (AvgIpc) is 3.15. The van der Waals surface area contributed by atoms with Gasteiger partial charge in [0.25, 0.3) is 0 Å². The molecule has 1 aliphatic rings. The molecule has 0 saturated heterocycles. The van der Waals surface area contributed by atoms with E-state index in [1.165, 1.54) is 30.3 Å². The summed E-state index contributed by atoms with van der Waals surface area (Å²) in [5.41, 5.74) is 5.82. The lowest BCUT2D eigenvalue weighted by molar-refractivity contribution is 0.591. The molecule has 1 fully saturated rings. The zero-order chi connectivity index (χ0) is 16.8. The summed E-state index contributed by atoms with van der Waals surface area (Å²) in [5, 5.41) is 8.28. The quantitative estimate of drug-likeness (QED) is 0.936. The highest BCUT2D eigenvalue weighted by atomic mass is 32.2. The van der Waals surface area contributed by atoms with E-state index >= 15 is 0 Å². The van der Waals surface area contributed by atoms with Gasteiger partial charge in [0.05, 0.1) is 11.0 Å². The van der Waals surface area contributed by atoms with E-state index in [0.29, 0.717) is 5.56 Å². The molecule has 3 rings (SSSR count). The molecular weight excluding hydrogens is 315 g/mol. The van der Waals surface area contributed by atoms with Crippen LogP contribution < -0.4 is 5.73 Å². The number of rotatable bonds is 3. The van der Waals surface area contributed by atoms with Crippen molar-refractivity contribution in [1.29, 1.82) is 5.26 Å². The van der Waals surface area contributed by atoms with E-state index in [2.05, 4.69) is 0 Å². The summed E-state index contributed by atoms with van der Waals surface area (Å²) in [6, 6.07) is 13.9. The Morgan fingerprint density at radius 1 is 1.22 bits per heavy atom. The minimum Gasteiger partial charge on any atom is -0.312 e. The zero-order valence-corrected chi connectivity index (χ0v) is 13.2. The maximum absolute atomic E-state index is 13.4. The lowest BCUT2D eigenvalue weighted by Gasteiger charge is -2.05. The summed E-state index contributed by atoms with van der Waals surface area (Å²) in [6.07, 6.45) is 0. The SMILES string of the molecule is Cc1ccc(S(=O)(=O)[C@H]2[C@H](c3cccc(F)c3)[C@@]2(N)C#N)cc1. The van der Waals surface area contributed by atoms with Gasteiger partial charge < -0.3 is 5.73 Å². The van der Waals surface area contributed by atoms with Crippen molar-refractivity contribution < 1.29 is 12.8 Å². The number of nitrogens with zero attached hydrogens (tertiary/aromatic N) is 1. The van der Waals surface area contributed by atoms with Gasteiger partial charge in [-0.3, -0.25) is 0 Å². The van der Waals surface area contributed by atoms with Crippen LogP contribution in [0.1, 0.15) is 17.0 Å². The fourth-order valence-corrected chi connectivity index (χ4v) is 5.15. The molecule has 4 nitrogen and oxygen atoms in total. The van der Waals surface area contributed by atoms with Crippen LogP contribution in [0.15, 0.2) is 53.4 Å². The van der Waals surface area contributed by atoms with E-state index in [4.69, 9.17) is 5.73 Å². The molecule has 0 aromatic heterocycles. The minimum absolute atomic E-state index is 0.122. The van der Waals surface area contributed by atoms with Crippen LogP contribution in [0.4, 0.5) is 4.39 Å². The molecule has 2 aromatic rings. The molecule has 1 saturated carbocycles. The van der Waals surface area contributed by atoms with Gasteiger partial charge in [0.15, 0.2) is 9.84 Å². The van der Waals surface area contributed by atoms with Gasteiger partial charge in [-0.1, -0.05) is 29.8 Å². The number of nitrogens with two attached hydrogens (primary N) is 1. The zero-order valence-electron chi connectivity index (χ0n) is 12.4. The summed E-state index contributed by atoms with van der Waals surface area (Å²) in [4.78, 5) is 0.122. The van der Waals surface area contributed by atoms with Crippen molar-refractivity contribution >= 4 is 9.84 Å². The van der Waals surface area contributed by atoms with Gasteiger partial charge in [-0.15, -0.1) is 0 Å². The average molecular weight is 330 g/mol. The van der Waals surface area contributed by atoms with Crippen LogP contribution in [0, 0.1) is 24.1 Å². The van der Waals surface area contributed by atoms with Crippen LogP contribution in [0.5, 0.6) is 0 Å². The molecule has 0 radical (unpaired) electrons. The molecule has 0 spiro atoms. The topological polar surface area (TPSA) is 83.9 Å². The van der Waals surface area contributed by atoms with E-state index in [9.17, 15) is 18.1 Å². The van der Waals surface area contributed by atoms with Gasteiger partial charge in [-0.25, -0.2) is 12.8 Å². The molecule has 2 aromatic carbocycles. The minimum atomic E-state index is -3.78. The van der Waals surface area contributed by atoms with Gasteiger partial charge >= 0.3 is 0 Å². The Morgan fingerprint density at radius 2 is 1.87 bits per heavy atom. The second-order valence-corrected chi connectivity index (χ2v) is 7.93. The lowest BCUT2D eigenvalue weighted by atomic mass is 10.1. The molecule has 0 bridgehead atoms. The molecule has 2 N–H and O–H groups in total. The van der Waals surface area contributed by atoms with Crippen molar-refractivity contribution in [3.63, 3.8) is 0 Å². The maximum Gasteiger partial charge on any atom is 0.184 e. The first kappa shape index (κ1) is 15.7. The fraction of sp³-hybridized carbons (Fsp3) is 0.235. The predicted octanol–water partition coefficient (Wildman–Crippen LogP) is 2.29. The Hall–Kier alpha value is -2.23. The predicted molar refractivity (Wildman–Crippen MR) is 83.8 cm³/mol. The molecule has 6 heteroatoms. The Labute approximate surface area is 134 Å². The van der Waals surface area contributed by atoms with Gasteiger partial charge in [-0.05, 0) is 36.8 Å². The highest BCUT2D eigenvalue weighted by molar-refractivity contribution is 7.92. The Bertz CT molecular complexity index is 903. The maximum atomic E-state index is 13.4. The molecule has 0 amide bonds. The number of hydrogen-bond donors (Lipinski definition) is 1. The summed E-state index contributed by atoms with van der Waals surface area (Å²) < 4.78 is 39.1. The van der Waals surface area contributed by atoms with Crippen LogP contribution in [0.25, 0.3) is 0 Å². The van der Waals surface area contributed by atoms with Crippen LogP contribution >= 0.6 is 0 Å². The number of sulfone groups is 1. The second kappa shape index (κ2) is 5.15. The number of benzene rings is 2. The van der Waals surface area contributed by atoms with Gasteiger partial charge in [-0.2, -0.15) is 5.26 Å². The first-order valence-corrected chi connectivity index (χ1v) is 8.61. The fourth-order valence-electron chi connectivity index (χ4n) is 2.97. The number of halogens is 1. The Kier molecular flexibility index (Phi) is 3.51. The van der Waals surface area contributed by atoms with E-state index in [1.54, 1.807) is 18.2 Å². The van der Waals surface area contributed by atoms with Crippen LogP contribution in [-0.2, 0) is 9.84 Å². The Balaban J connectivity index is 2.05. The van der Waals surface area contributed by atoms with Gasteiger partial charge in [0.1, 0.15) is 16.6 Å². The lowest BCUT2D eigenvalue weighted by Crippen LogP contribution is -2.29. The highest BCUT2D eigenvalue weighted by Crippen LogP contribution is 2.55. The molecule has 0 heterocycles. The van der Waals surface area contributed by atoms with Gasteiger partial charge in [0, 0.05) is 5.92 Å². The molecule has 23 heavy (non-hydrogen) atoms. The number of hydrogen-bond acceptors (Lipinski definition) is 4. The third-order valence-corrected chi connectivity index (χ3v) is 6.52. The number of aryl methyl sites for hydroxylation is 1. The molecule has 0 unspecified atom stereocenters. The normalized spacial score (nSPS) is 26.5. The van der Waals surface area contributed by atoms with Crippen LogP contribution in [0.3, 0.4) is 0 Å². The van der Waals surface area contributed by atoms with E-state index < -0.39 is 32.4 Å². The van der Waals surface area contributed by atoms with Crippen molar-refractivity contribution in [2.75, 3.05) is 0 Å². The Morgan fingerprint density at radius 3 is 2.43 bits per heavy atom. The van der Waals surface area contributed by atoms with E-state index in [0.717, 1.165) is 5.56 Å². The molecular formula is C17H15FN2O2S. The molecule has 0 aliphatic heterocycles. The van der Waals surface area contributed by atoms with Crippen molar-refractivity contribution in [2.45, 2.75) is 28.5 Å². The number of nitriles is 1. The summed E-state index contributed by atoms with van der Waals surface area (Å²) in [7, 11) is -3.78. The third-order valence-electron chi connectivity index (χ3n) is 4.26. The molecule has 3 atom stereocenters.